The van der Waals surface area contributed by atoms with E-state index in [2.05, 4.69) is 6.58 Å². The Morgan fingerprint density at radius 3 is 2.37 bits per heavy atom. The van der Waals surface area contributed by atoms with Gasteiger partial charge < -0.3 is 25.2 Å². The van der Waals surface area contributed by atoms with Crippen LogP contribution in [0.5, 0.6) is 0 Å². The molecular formula is C30H42O8. The lowest BCUT2D eigenvalue weighted by Gasteiger charge is -2.57. The van der Waals surface area contributed by atoms with Crippen LogP contribution < -0.4 is 0 Å². The van der Waals surface area contributed by atoms with Crippen molar-refractivity contribution in [3.05, 3.63) is 35.5 Å². The highest BCUT2D eigenvalue weighted by Gasteiger charge is 2.84. The minimum absolute atomic E-state index is 0.0489. The summed E-state index contributed by atoms with van der Waals surface area (Å²) < 4.78 is 6.54. The molecule has 1 heterocycles. The highest BCUT2D eigenvalue weighted by Crippen LogP contribution is 2.78. The molecule has 8 nitrogen and oxygen atoms in total. The number of fused-ring (bicyclic) bond motifs is 1. The topological polar surface area (TPSA) is 145 Å². The molecular weight excluding hydrogens is 488 g/mol. The Hall–Kier alpha value is -2.29. The zero-order chi connectivity index (χ0) is 28.6. The number of epoxide rings is 1. The van der Waals surface area contributed by atoms with Crippen LogP contribution in [-0.4, -0.2) is 62.1 Å². The molecule has 3 aliphatic carbocycles. The molecule has 1 spiro atoms. The summed E-state index contributed by atoms with van der Waals surface area (Å²) in [6, 6.07) is 0. The fourth-order valence-corrected chi connectivity index (χ4v) is 8.49. The minimum Gasteiger partial charge on any atom is -0.481 e. The van der Waals surface area contributed by atoms with Gasteiger partial charge >= 0.3 is 11.9 Å². The van der Waals surface area contributed by atoms with Gasteiger partial charge in [0.05, 0.1) is 24.2 Å². The smallest absolute Gasteiger partial charge is 0.306 e. The number of aliphatic carboxylic acids is 2. The lowest BCUT2D eigenvalue weighted by atomic mass is 9.43. The molecule has 4 N–H and O–H groups in total. The average Bonchev–Trinajstić information content (AvgIpc) is 3.50. The van der Waals surface area contributed by atoms with Crippen LogP contribution >= 0.6 is 0 Å². The van der Waals surface area contributed by atoms with Crippen LogP contribution in [0.4, 0.5) is 0 Å². The summed E-state index contributed by atoms with van der Waals surface area (Å²) in [4.78, 5) is 37.0. The van der Waals surface area contributed by atoms with Crippen LogP contribution in [0.1, 0.15) is 73.6 Å². The number of hydrogen-bond acceptors (Lipinski definition) is 6. The second-order valence-corrected chi connectivity index (χ2v) is 12.9. The maximum Gasteiger partial charge on any atom is 0.306 e. The van der Waals surface area contributed by atoms with Crippen molar-refractivity contribution in [2.45, 2.75) is 97.6 Å². The molecule has 0 amide bonds. The predicted octanol–water partition coefficient (Wildman–Crippen LogP) is 3.91. The molecule has 1 saturated heterocycles. The minimum atomic E-state index is -1.03. The van der Waals surface area contributed by atoms with Crippen molar-refractivity contribution in [3.63, 3.8) is 0 Å². The van der Waals surface area contributed by atoms with Gasteiger partial charge in [0.2, 0.25) is 0 Å². The van der Waals surface area contributed by atoms with E-state index in [0.29, 0.717) is 19.3 Å². The number of aliphatic hydroxyl groups excluding tert-OH is 2. The van der Waals surface area contributed by atoms with Crippen LogP contribution in [0, 0.1) is 34.0 Å². The third-order valence-corrected chi connectivity index (χ3v) is 10.9. The first-order valence-corrected chi connectivity index (χ1v) is 13.6. The number of ketones is 1. The second-order valence-electron chi connectivity index (χ2n) is 12.9. The van der Waals surface area contributed by atoms with Crippen molar-refractivity contribution in [1.82, 2.24) is 0 Å². The molecule has 0 aromatic rings. The Balaban J connectivity index is 1.80. The van der Waals surface area contributed by atoms with Crippen LogP contribution in [0.2, 0.25) is 0 Å². The molecule has 0 aromatic heterocycles. The number of hydrogen-bond donors (Lipinski definition) is 4. The Morgan fingerprint density at radius 1 is 1.18 bits per heavy atom. The molecule has 0 unspecified atom stereocenters. The number of carboxylic acids is 2. The van der Waals surface area contributed by atoms with Gasteiger partial charge in [-0.15, -0.1) is 0 Å². The summed E-state index contributed by atoms with van der Waals surface area (Å²) in [5.41, 5.74) is -1.13. The van der Waals surface area contributed by atoms with E-state index in [-0.39, 0.29) is 36.6 Å². The molecule has 0 radical (unpaired) electrons. The molecule has 3 fully saturated rings. The van der Waals surface area contributed by atoms with Gasteiger partial charge in [-0.1, -0.05) is 51.5 Å². The molecule has 38 heavy (non-hydrogen) atoms. The SMILES string of the molecule is C=C(C)[C@@H]1C[C@H]2O[C@@]23C(=CC(=O)[C@]2(C)[C@@H](/C(C)=C\[C@@H](O)C[C@@H](C)C(=O)O)C[C@@H](O)[C@]23C)[C@@]1(C)CCC(=O)O. The second kappa shape index (κ2) is 9.14. The number of allylic oxidation sites excluding steroid dienone is 3. The first-order valence-electron chi connectivity index (χ1n) is 13.6. The Bertz CT molecular complexity index is 1140. The normalized spacial score (nSPS) is 43.3. The molecule has 4 aliphatic rings. The quantitative estimate of drug-likeness (QED) is 0.259. The summed E-state index contributed by atoms with van der Waals surface area (Å²) in [6.07, 6.45) is 2.47. The van der Waals surface area contributed by atoms with E-state index in [0.717, 1.165) is 16.7 Å². The van der Waals surface area contributed by atoms with Gasteiger partial charge in [-0.05, 0) is 68.4 Å². The first kappa shape index (κ1) is 28.7. The highest BCUT2D eigenvalue weighted by atomic mass is 16.6. The number of carboxylic acid groups (broad SMARTS) is 2. The maximum absolute atomic E-state index is 14.2. The van der Waals surface area contributed by atoms with Gasteiger partial charge in [0.1, 0.15) is 5.60 Å². The van der Waals surface area contributed by atoms with Crippen LogP contribution in [0.15, 0.2) is 35.5 Å². The van der Waals surface area contributed by atoms with E-state index >= 15 is 0 Å². The summed E-state index contributed by atoms with van der Waals surface area (Å²) in [5, 5.41) is 41.0. The van der Waals surface area contributed by atoms with E-state index < -0.39 is 51.9 Å². The van der Waals surface area contributed by atoms with Crippen molar-refractivity contribution in [1.29, 1.82) is 0 Å². The van der Waals surface area contributed by atoms with Crippen LogP contribution in [0.3, 0.4) is 0 Å². The van der Waals surface area contributed by atoms with Gasteiger partial charge in [-0.25, -0.2) is 0 Å². The van der Waals surface area contributed by atoms with E-state index in [4.69, 9.17) is 4.74 Å². The average molecular weight is 531 g/mol. The molecule has 1 aliphatic heterocycles. The zero-order valence-corrected chi connectivity index (χ0v) is 23.3. The van der Waals surface area contributed by atoms with Crippen molar-refractivity contribution in [3.8, 4) is 0 Å². The summed E-state index contributed by atoms with van der Waals surface area (Å²) >= 11 is 0. The van der Waals surface area contributed by atoms with Crippen molar-refractivity contribution in [2.24, 2.45) is 34.0 Å². The van der Waals surface area contributed by atoms with Gasteiger partial charge in [0.25, 0.3) is 0 Å². The van der Waals surface area contributed by atoms with Crippen molar-refractivity contribution >= 4 is 17.7 Å². The highest BCUT2D eigenvalue weighted by molar-refractivity contribution is 5.99. The molecule has 0 aromatic carbocycles. The summed E-state index contributed by atoms with van der Waals surface area (Å²) in [5.74, 6) is -3.20. The Morgan fingerprint density at radius 2 is 1.82 bits per heavy atom. The van der Waals surface area contributed by atoms with Gasteiger partial charge in [0.15, 0.2) is 5.78 Å². The standard InChI is InChI=1S/C30H42O8/c1-15(2)19-13-24-30(38-24)21(27(19,5)9-8-25(34)35)14-22(32)28(6)20(12-23(33)29(28,30)7)16(3)10-18(31)11-17(4)26(36)37/h10,14,17-20,23-24,31,33H,1,8-9,11-13H2,2-7H3,(H,34,35)(H,36,37)/b16-10-/t17-,18-,19+,20-,23-,24-,27+,28+,29-,30+/m1/s1. The van der Waals surface area contributed by atoms with Gasteiger partial charge in [0, 0.05) is 17.3 Å². The molecule has 210 valence electrons. The fraction of sp³-hybridized carbons (Fsp3) is 0.700. The van der Waals surface area contributed by atoms with E-state index in [1.54, 1.807) is 12.2 Å². The number of ether oxygens (including phenoxy) is 1. The predicted molar refractivity (Wildman–Crippen MR) is 140 cm³/mol. The zero-order valence-electron chi connectivity index (χ0n) is 23.3. The molecule has 8 heteroatoms. The van der Waals surface area contributed by atoms with E-state index in [1.165, 1.54) is 6.92 Å². The molecule has 4 rings (SSSR count). The van der Waals surface area contributed by atoms with Gasteiger partial charge in [-0.3, -0.25) is 14.4 Å². The lowest BCUT2D eigenvalue weighted by molar-refractivity contribution is -0.143. The van der Waals surface area contributed by atoms with E-state index in [9.17, 15) is 34.8 Å². The first-order chi connectivity index (χ1) is 17.5. The molecule has 10 atom stereocenters. The maximum atomic E-state index is 14.2. The third-order valence-electron chi connectivity index (χ3n) is 10.9. The lowest BCUT2D eigenvalue weighted by Crippen LogP contribution is -2.63. The number of rotatable bonds is 9. The number of carbonyl (C=O) groups is 3. The third kappa shape index (κ3) is 3.70. The van der Waals surface area contributed by atoms with Gasteiger partial charge in [-0.2, -0.15) is 0 Å². The van der Waals surface area contributed by atoms with Crippen molar-refractivity contribution < 1.29 is 39.5 Å². The fourth-order valence-electron chi connectivity index (χ4n) is 8.49. The molecule has 0 bridgehead atoms. The van der Waals surface area contributed by atoms with Crippen molar-refractivity contribution in [2.75, 3.05) is 0 Å². The Kier molecular flexibility index (Phi) is 6.90. The molecule has 2 saturated carbocycles. The largest absolute Gasteiger partial charge is 0.481 e. The Labute approximate surface area is 224 Å². The number of carbonyl (C=O) groups excluding carboxylic acids is 1. The van der Waals surface area contributed by atoms with Crippen LogP contribution in [0.25, 0.3) is 0 Å². The summed E-state index contributed by atoms with van der Waals surface area (Å²) in [7, 11) is 0. The number of aliphatic hydroxyl groups is 2. The summed E-state index contributed by atoms with van der Waals surface area (Å²) in [6.45, 7) is 15.3. The van der Waals surface area contributed by atoms with Crippen LogP contribution in [-0.2, 0) is 19.1 Å². The monoisotopic (exact) mass is 530 g/mol. The van der Waals surface area contributed by atoms with E-state index in [1.807, 2.05) is 34.6 Å².